The van der Waals surface area contributed by atoms with Gasteiger partial charge in [0.25, 0.3) is 0 Å². The molecule has 1 aliphatic carbocycles. The van der Waals surface area contributed by atoms with Crippen LogP contribution in [0.5, 0.6) is 0 Å². The number of benzene rings is 1. The number of nitrogens with two attached hydrogens (primary N) is 1. The number of carbonyl (C=O) groups is 1. The Bertz CT molecular complexity index is 529. The minimum Gasteiger partial charge on any atom is -0.392 e. The smallest absolute Gasteiger partial charge is 0.392 e. The lowest BCUT2D eigenvalue weighted by molar-refractivity contribution is -0.162. The third kappa shape index (κ3) is 4.17. The number of hydrogen-bond acceptors (Lipinski definition) is 2. The first-order chi connectivity index (χ1) is 9.79. The molecule has 1 aromatic rings. The molecule has 0 heterocycles. The molecule has 1 amide bonds. The number of halogens is 3. The number of hydrogen-bond donors (Lipinski definition) is 1. The number of amides is 1. The summed E-state index contributed by atoms with van der Waals surface area (Å²) in [6, 6.07) is 8.05. The monoisotopic (exact) mass is 316 g/mol. The molecule has 3 nitrogen and oxygen atoms in total. The fourth-order valence-electron chi connectivity index (χ4n) is 2.21. The van der Waals surface area contributed by atoms with Gasteiger partial charge in [-0.3, -0.25) is 4.79 Å². The van der Waals surface area contributed by atoms with Gasteiger partial charge in [0.05, 0.1) is 4.99 Å². The van der Waals surface area contributed by atoms with Crippen molar-refractivity contribution in [2.45, 2.75) is 31.0 Å². The van der Waals surface area contributed by atoms with Gasteiger partial charge in [-0.2, -0.15) is 13.2 Å². The highest BCUT2D eigenvalue weighted by molar-refractivity contribution is 7.80. The molecule has 2 rings (SSSR count). The molecule has 0 saturated heterocycles. The topological polar surface area (TPSA) is 46.3 Å². The largest absolute Gasteiger partial charge is 0.406 e. The fourth-order valence-corrected chi connectivity index (χ4v) is 2.44. The Morgan fingerprint density at radius 3 is 2.33 bits per heavy atom. The van der Waals surface area contributed by atoms with Gasteiger partial charge < -0.3 is 10.6 Å². The lowest BCUT2D eigenvalue weighted by atomic mass is 9.97. The minimum atomic E-state index is -4.43. The van der Waals surface area contributed by atoms with Gasteiger partial charge in [-0.25, -0.2) is 0 Å². The van der Waals surface area contributed by atoms with Crippen LogP contribution in [0.4, 0.5) is 13.2 Å². The third-order valence-corrected chi connectivity index (χ3v) is 3.52. The number of alkyl halides is 3. The number of rotatable bonds is 5. The second-order valence-corrected chi connectivity index (χ2v) is 5.53. The second-order valence-electron chi connectivity index (χ2n) is 5.06. The zero-order valence-electron chi connectivity index (χ0n) is 11.1. The van der Waals surface area contributed by atoms with Crippen LogP contribution < -0.4 is 5.73 Å². The summed E-state index contributed by atoms with van der Waals surface area (Å²) in [4.78, 5) is 13.2. The lowest BCUT2D eigenvalue weighted by Gasteiger charge is -2.28. The van der Waals surface area contributed by atoms with Crippen molar-refractivity contribution in [3.63, 3.8) is 0 Å². The highest BCUT2D eigenvalue weighted by Crippen LogP contribution is 2.33. The van der Waals surface area contributed by atoms with Crippen molar-refractivity contribution in [1.29, 1.82) is 0 Å². The average molecular weight is 316 g/mol. The van der Waals surface area contributed by atoms with Gasteiger partial charge in [0.2, 0.25) is 5.91 Å². The van der Waals surface area contributed by atoms with Crippen LogP contribution in [0.2, 0.25) is 0 Å². The van der Waals surface area contributed by atoms with E-state index in [9.17, 15) is 18.0 Å². The molecule has 1 aromatic carbocycles. The molecule has 21 heavy (non-hydrogen) atoms. The Morgan fingerprint density at radius 2 is 1.90 bits per heavy atom. The van der Waals surface area contributed by atoms with Crippen LogP contribution in [0, 0.1) is 0 Å². The van der Waals surface area contributed by atoms with Gasteiger partial charge in [0, 0.05) is 6.04 Å². The lowest BCUT2D eigenvalue weighted by Crippen LogP contribution is -2.45. The average Bonchev–Trinajstić information content (AvgIpc) is 3.20. The summed E-state index contributed by atoms with van der Waals surface area (Å²) in [5.41, 5.74) is 6.11. The Morgan fingerprint density at radius 1 is 1.33 bits per heavy atom. The van der Waals surface area contributed by atoms with Gasteiger partial charge in [0.15, 0.2) is 0 Å². The number of thiocarbonyl (C=S) groups is 1. The Kier molecular flexibility index (Phi) is 4.51. The SMILES string of the molecule is NC(=S)C(C(=O)N(CC(F)(F)F)C1CC1)c1ccccc1. The van der Waals surface area contributed by atoms with Crippen LogP contribution in [0.25, 0.3) is 0 Å². The van der Waals surface area contributed by atoms with E-state index in [0.29, 0.717) is 18.4 Å². The molecule has 1 saturated carbocycles. The molecule has 114 valence electrons. The van der Waals surface area contributed by atoms with Crippen molar-refractivity contribution in [3.8, 4) is 0 Å². The summed E-state index contributed by atoms with van der Waals surface area (Å²) >= 11 is 4.89. The molecule has 0 spiro atoms. The van der Waals surface area contributed by atoms with Crippen LogP contribution in [0.15, 0.2) is 30.3 Å². The van der Waals surface area contributed by atoms with E-state index in [1.54, 1.807) is 30.3 Å². The van der Waals surface area contributed by atoms with Crippen molar-refractivity contribution in [2.24, 2.45) is 5.73 Å². The van der Waals surface area contributed by atoms with E-state index in [1.165, 1.54) is 0 Å². The standard InChI is InChI=1S/C14H15F3N2OS/c15-14(16,17)8-19(10-6-7-10)13(20)11(12(18)21)9-4-2-1-3-5-9/h1-5,10-11H,6-8H2,(H2,18,21). The Hall–Kier alpha value is -1.63. The Balaban J connectivity index is 2.26. The molecule has 0 aromatic heterocycles. The fraction of sp³-hybridized carbons (Fsp3) is 0.429. The minimum absolute atomic E-state index is 0.112. The highest BCUT2D eigenvalue weighted by atomic mass is 32.1. The van der Waals surface area contributed by atoms with Gasteiger partial charge in [-0.15, -0.1) is 0 Å². The molecular weight excluding hydrogens is 301 g/mol. The molecule has 1 fully saturated rings. The maximum Gasteiger partial charge on any atom is 0.406 e. The van der Waals surface area contributed by atoms with Crippen LogP contribution in [-0.4, -0.2) is 34.6 Å². The first-order valence-corrected chi connectivity index (χ1v) is 6.92. The highest BCUT2D eigenvalue weighted by Gasteiger charge is 2.43. The normalized spacial score (nSPS) is 16.3. The van der Waals surface area contributed by atoms with Gasteiger partial charge in [-0.05, 0) is 18.4 Å². The van der Waals surface area contributed by atoms with Crippen molar-refractivity contribution in [1.82, 2.24) is 4.90 Å². The Labute approximate surface area is 125 Å². The summed E-state index contributed by atoms with van der Waals surface area (Å²) in [6.45, 7) is -1.26. The molecule has 0 aliphatic heterocycles. The van der Waals surface area contributed by atoms with Gasteiger partial charge >= 0.3 is 6.18 Å². The zero-order valence-corrected chi connectivity index (χ0v) is 12.0. The predicted molar refractivity (Wildman–Crippen MR) is 76.8 cm³/mol. The maximum atomic E-state index is 12.7. The quantitative estimate of drug-likeness (QED) is 0.850. The summed E-state index contributed by atoms with van der Waals surface area (Å²) in [5, 5.41) is 0. The van der Waals surface area contributed by atoms with Crippen molar-refractivity contribution in [3.05, 3.63) is 35.9 Å². The molecule has 0 radical (unpaired) electrons. The molecule has 0 bridgehead atoms. The molecule has 1 atom stereocenters. The van der Waals surface area contributed by atoms with E-state index in [4.69, 9.17) is 18.0 Å². The van der Waals surface area contributed by atoms with Crippen LogP contribution >= 0.6 is 12.2 Å². The molecule has 2 N–H and O–H groups in total. The van der Waals surface area contributed by atoms with Crippen LogP contribution in [0.3, 0.4) is 0 Å². The maximum absolute atomic E-state index is 12.7. The van der Waals surface area contributed by atoms with E-state index in [2.05, 4.69) is 0 Å². The van der Waals surface area contributed by atoms with E-state index < -0.39 is 24.5 Å². The summed E-state index contributed by atoms with van der Waals surface area (Å²) < 4.78 is 38.0. The van der Waals surface area contributed by atoms with Crippen LogP contribution in [-0.2, 0) is 4.79 Å². The van der Waals surface area contributed by atoms with E-state index in [1.807, 2.05) is 0 Å². The van der Waals surface area contributed by atoms with Crippen molar-refractivity contribution >= 4 is 23.1 Å². The second kappa shape index (κ2) is 6.01. The van der Waals surface area contributed by atoms with Gasteiger partial charge in [-0.1, -0.05) is 42.5 Å². The molecule has 7 heteroatoms. The van der Waals surface area contributed by atoms with E-state index >= 15 is 0 Å². The molecule has 1 unspecified atom stereocenters. The first-order valence-electron chi connectivity index (χ1n) is 6.51. The van der Waals surface area contributed by atoms with E-state index in [0.717, 1.165) is 4.90 Å². The van der Waals surface area contributed by atoms with Crippen LogP contribution in [0.1, 0.15) is 24.3 Å². The number of nitrogens with zero attached hydrogens (tertiary/aromatic N) is 1. The summed E-state index contributed by atoms with van der Waals surface area (Å²) in [5.74, 6) is -1.68. The summed E-state index contributed by atoms with van der Waals surface area (Å²) in [6.07, 6.45) is -3.27. The predicted octanol–water partition coefficient (Wildman–Crippen LogP) is 2.61. The first kappa shape index (κ1) is 15.8. The van der Waals surface area contributed by atoms with Crippen molar-refractivity contribution in [2.75, 3.05) is 6.54 Å². The third-order valence-electron chi connectivity index (χ3n) is 3.28. The summed E-state index contributed by atoms with van der Waals surface area (Å²) in [7, 11) is 0. The molecule has 1 aliphatic rings. The van der Waals surface area contributed by atoms with E-state index in [-0.39, 0.29) is 11.0 Å². The van der Waals surface area contributed by atoms with Gasteiger partial charge in [0.1, 0.15) is 12.5 Å². The molecular formula is C14H15F3N2OS. The zero-order chi connectivity index (χ0) is 15.6. The van der Waals surface area contributed by atoms with Crippen molar-refractivity contribution < 1.29 is 18.0 Å². The number of carbonyl (C=O) groups excluding carboxylic acids is 1.